The van der Waals surface area contributed by atoms with Crippen molar-refractivity contribution in [2.24, 2.45) is 0 Å². The fraction of sp³-hybridized carbons (Fsp3) is 0.167. The first-order valence-corrected chi connectivity index (χ1v) is 10.8. The molecule has 1 fully saturated rings. The summed E-state index contributed by atoms with van der Waals surface area (Å²) in [7, 11) is -9.78. The Morgan fingerprint density at radius 2 is 1.65 bits per heavy atom. The topological polar surface area (TPSA) is 101 Å². The van der Waals surface area contributed by atoms with Crippen LogP contribution in [-0.2, 0) is 5.54 Å². The maximum atomic E-state index is 12.9. The second kappa shape index (κ2) is 6.09. The van der Waals surface area contributed by atoms with Crippen LogP contribution in [0, 0.1) is 0 Å². The number of carbonyl (C=O) groups is 1. The molecule has 0 atom stereocenters. The van der Waals surface area contributed by atoms with Gasteiger partial charge in [0.15, 0.2) is 11.6 Å². The highest BCUT2D eigenvalue weighted by molar-refractivity contribution is 8.45. The number of amides is 1. The Hall–Kier alpha value is -3.35. The van der Waals surface area contributed by atoms with Crippen molar-refractivity contribution in [3.05, 3.63) is 70.4 Å². The molecule has 1 amide bonds. The molecule has 31 heavy (non-hydrogen) atoms. The molecule has 1 aliphatic rings. The first kappa shape index (κ1) is 20.9. The molecule has 1 aliphatic carbocycles. The van der Waals surface area contributed by atoms with E-state index in [4.69, 9.17) is 0 Å². The third-order valence-electron chi connectivity index (χ3n) is 4.71. The molecular weight excluding hydrogens is 445 g/mol. The van der Waals surface area contributed by atoms with E-state index in [-0.39, 0.29) is 22.9 Å². The summed E-state index contributed by atoms with van der Waals surface area (Å²) in [5.74, 6) is -0.706. The van der Waals surface area contributed by atoms with Crippen molar-refractivity contribution in [1.82, 2.24) is 25.3 Å². The fourth-order valence-corrected chi connectivity index (χ4v) is 3.68. The van der Waals surface area contributed by atoms with Gasteiger partial charge in [0.2, 0.25) is 0 Å². The zero-order valence-electron chi connectivity index (χ0n) is 15.5. The number of carbonyl (C=O) groups excluding carboxylic acids is 1. The lowest BCUT2D eigenvalue weighted by Crippen LogP contribution is -2.36. The quantitative estimate of drug-likeness (QED) is 0.554. The minimum atomic E-state index is -9.78. The number of aromatic nitrogens is 4. The predicted molar refractivity (Wildman–Crippen MR) is 102 cm³/mol. The molecule has 0 spiro atoms. The Kier molecular flexibility index (Phi) is 4.11. The standard InChI is InChI=1S/C18H14F5N5O2S/c19-31(20,21,22,23)12-4-2-11(3-5-12)18(6-7-18)28-17(30)13-10-14(29)27-16(26-13)15-24-8-1-9-25-15/h1-5,8-10H,6-7H2,(H,28,30)(H,26,27,29). The summed E-state index contributed by atoms with van der Waals surface area (Å²) >= 11 is 0. The van der Waals surface area contributed by atoms with Crippen molar-refractivity contribution in [3.8, 4) is 11.6 Å². The van der Waals surface area contributed by atoms with Gasteiger partial charge in [-0.2, -0.15) is 0 Å². The van der Waals surface area contributed by atoms with Crippen LogP contribution in [-0.4, -0.2) is 25.8 Å². The highest BCUT2D eigenvalue weighted by Crippen LogP contribution is 3.02. The Labute approximate surface area is 171 Å². The Bertz CT molecular complexity index is 1230. The third-order valence-corrected chi connectivity index (χ3v) is 5.87. The van der Waals surface area contributed by atoms with Gasteiger partial charge in [-0.1, -0.05) is 31.6 Å². The zero-order valence-corrected chi connectivity index (χ0v) is 16.3. The normalized spacial score (nSPS) is 17.3. The Morgan fingerprint density at radius 1 is 1.03 bits per heavy atom. The summed E-state index contributed by atoms with van der Waals surface area (Å²) in [5.41, 5.74) is -1.67. The number of nitrogens with zero attached hydrogens (tertiary/aromatic N) is 3. The molecule has 1 saturated carbocycles. The average Bonchev–Trinajstić information content (AvgIpc) is 3.47. The lowest BCUT2D eigenvalue weighted by atomic mass is 10.0. The van der Waals surface area contributed by atoms with Crippen LogP contribution in [0.15, 0.2) is 58.5 Å². The third kappa shape index (κ3) is 4.40. The number of nitrogens with one attached hydrogen (secondary N) is 2. The summed E-state index contributed by atoms with van der Waals surface area (Å²) in [6.45, 7) is 0. The van der Waals surface area contributed by atoms with Crippen molar-refractivity contribution in [1.29, 1.82) is 0 Å². The molecule has 0 unspecified atom stereocenters. The van der Waals surface area contributed by atoms with E-state index in [1.54, 1.807) is 6.07 Å². The van der Waals surface area contributed by atoms with Crippen LogP contribution in [0.4, 0.5) is 19.4 Å². The minimum absolute atomic E-state index is 0.0386. The lowest BCUT2D eigenvalue weighted by Gasteiger charge is -2.40. The van der Waals surface area contributed by atoms with Crippen LogP contribution in [0.5, 0.6) is 0 Å². The monoisotopic (exact) mass is 459 g/mol. The van der Waals surface area contributed by atoms with Crippen molar-refractivity contribution in [2.45, 2.75) is 23.3 Å². The van der Waals surface area contributed by atoms with Crippen LogP contribution >= 0.6 is 10.2 Å². The molecule has 0 radical (unpaired) electrons. The zero-order chi connectivity index (χ0) is 22.6. The first-order valence-electron chi connectivity index (χ1n) is 8.82. The summed E-state index contributed by atoms with van der Waals surface area (Å²) in [5, 5.41) is 2.63. The van der Waals surface area contributed by atoms with E-state index in [1.165, 1.54) is 12.4 Å². The van der Waals surface area contributed by atoms with E-state index in [9.17, 15) is 29.0 Å². The molecule has 3 aromatic rings. The number of H-pyrrole nitrogens is 1. The van der Waals surface area contributed by atoms with Crippen LogP contribution in [0.25, 0.3) is 11.6 Å². The number of halogens is 5. The molecular formula is C18H14F5N5O2S. The Balaban J connectivity index is 1.60. The number of hydrogen-bond donors (Lipinski definition) is 2. The second-order valence-corrected chi connectivity index (χ2v) is 9.49. The molecule has 2 aromatic heterocycles. The van der Waals surface area contributed by atoms with Gasteiger partial charge in [-0.3, -0.25) is 9.59 Å². The maximum absolute atomic E-state index is 12.9. The number of rotatable bonds is 5. The largest absolute Gasteiger partial charge is 0.341 e. The van der Waals surface area contributed by atoms with Gasteiger partial charge >= 0.3 is 10.2 Å². The average molecular weight is 459 g/mol. The van der Waals surface area contributed by atoms with Gasteiger partial charge in [0.1, 0.15) is 10.6 Å². The molecule has 4 rings (SSSR count). The molecule has 7 nitrogen and oxygen atoms in total. The predicted octanol–water partition coefficient (Wildman–Crippen LogP) is 4.30. The van der Waals surface area contributed by atoms with E-state index in [0.717, 1.165) is 18.2 Å². The highest BCUT2D eigenvalue weighted by Gasteiger charge is 2.65. The van der Waals surface area contributed by atoms with Crippen molar-refractivity contribution >= 4 is 16.1 Å². The second-order valence-electron chi connectivity index (χ2n) is 7.08. The summed E-state index contributed by atoms with van der Waals surface area (Å²) in [6, 6.07) is 4.94. The van der Waals surface area contributed by atoms with Crippen molar-refractivity contribution in [3.63, 3.8) is 0 Å². The van der Waals surface area contributed by atoms with Gasteiger partial charge in [0, 0.05) is 18.5 Å². The SMILES string of the molecule is O=C(NC1(c2ccc(S(F)(F)(F)(F)F)cc2)CC1)c1cc(=O)[nH]c(-c2ncccn2)n1. The molecule has 2 heterocycles. The van der Waals surface area contributed by atoms with Gasteiger partial charge in [0.25, 0.3) is 11.5 Å². The van der Waals surface area contributed by atoms with Crippen molar-refractivity contribution in [2.75, 3.05) is 0 Å². The molecule has 0 saturated heterocycles. The minimum Gasteiger partial charge on any atom is -0.341 e. The van der Waals surface area contributed by atoms with E-state index in [1.807, 2.05) is 0 Å². The Morgan fingerprint density at radius 3 is 2.19 bits per heavy atom. The highest BCUT2D eigenvalue weighted by atomic mass is 32.5. The van der Waals surface area contributed by atoms with Crippen molar-refractivity contribution < 1.29 is 24.2 Å². The molecule has 164 valence electrons. The van der Waals surface area contributed by atoms with E-state index in [2.05, 4.69) is 25.3 Å². The van der Waals surface area contributed by atoms with Gasteiger partial charge in [-0.05, 0) is 36.6 Å². The summed E-state index contributed by atoms with van der Waals surface area (Å²) in [4.78, 5) is 36.9. The number of aromatic amines is 1. The van der Waals surface area contributed by atoms with Crippen LogP contribution in [0.3, 0.4) is 0 Å². The van der Waals surface area contributed by atoms with Gasteiger partial charge in [-0.25, -0.2) is 15.0 Å². The number of hydrogen-bond acceptors (Lipinski definition) is 5. The first-order chi connectivity index (χ1) is 14.3. The van der Waals surface area contributed by atoms with Crippen LogP contribution in [0.1, 0.15) is 28.9 Å². The van der Waals surface area contributed by atoms with E-state index < -0.39 is 32.1 Å². The van der Waals surface area contributed by atoms with E-state index >= 15 is 0 Å². The lowest BCUT2D eigenvalue weighted by molar-refractivity contribution is 0.0925. The molecule has 13 heteroatoms. The molecule has 2 N–H and O–H groups in total. The van der Waals surface area contributed by atoms with Crippen LogP contribution < -0.4 is 10.9 Å². The van der Waals surface area contributed by atoms with E-state index in [0.29, 0.717) is 25.0 Å². The van der Waals surface area contributed by atoms with Gasteiger partial charge in [0.05, 0.1) is 5.54 Å². The molecule has 0 bridgehead atoms. The van der Waals surface area contributed by atoms with Gasteiger partial charge in [-0.15, -0.1) is 0 Å². The molecule has 1 aromatic carbocycles. The summed E-state index contributed by atoms with van der Waals surface area (Å²) in [6.07, 6.45) is 3.60. The summed E-state index contributed by atoms with van der Waals surface area (Å²) < 4.78 is 64.6. The fourth-order valence-electron chi connectivity index (χ4n) is 3.02. The van der Waals surface area contributed by atoms with Crippen LogP contribution in [0.2, 0.25) is 0 Å². The number of benzene rings is 1. The maximum Gasteiger partial charge on any atom is 0.310 e. The smallest absolute Gasteiger partial charge is 0.310 e. The van der Waals surface area contributed by atoms with Gasteiger partial charge < -0.3 is 10.3 Å². The molecule has 0 aliphatic heterocycles.